The highest BCUT2D eigenvalue weighted by atomic mass is 127. The van der Waals surface area contributed by atoms with E-state index in [2.05, 4.69) is 23.0 Å². The van der Waals surface area contributed by atoms with Gasteiger partial charge in [0.25, 0.3) is 0 Å². The van der Waals surface area contributed by atoms with Gasteiger partial charge in [-0.2, -0.15) is 0 Å². The molecule has 1 aromatic rings. The molecule has 0 saturated carbocycles. The van der Waals surface area contributed by atoms with E-state index in [4.69, 9.17) is 15.2 Å². The number of ether oxygens (including phenoxy) is 2. The largest absolute Gasteiger partial charge is 0.379 e. The number of halogens is 1. The van der Waals surface area contributed by atoms with E-state index in [1.807, 2.05) is 32.0 Å². The van der Waals surface area contributed by atoms with E-state index in [0.717, 1.165) is 23.3 Å². The van der Waals surface area contributed by atoms with Crippen LogP contribution in [-0.2, 0) is 22.6 Å². The second-order valence-corrected chi connectivity index (χ2v) is 5.08. The summed E-state index contributed by atoms with van der Waals surface area (Å²) < 4.78 is 10.8. The molecule has 3 N–H and O–H groups in total. The fourth-order valence-electron chi connectivity index (χ4n) is 1.74. The molecule has 0 aliphatic rings. The predicted octanol–water partition coefficient (Wildman–Crippen LogP) is 2.84. The Balaban J connectivity index is 0.00000484. The first-order valence-corrected chi connectivity index (χ1v) is 7.53. The average molecular weight is 433 g/mol. The number of nitrogens with two attached hydrogens (primary N) is 1. The normalized spacial score (nSPS) is 11.0. The fourth-order valence-corrected chi connectivity index (χ4v) is 1.74. The number of guanidine groups is 1. The van der Waals surface area contributed by atoms with Crippen molar-refractivity contribution in [2.24, 2.45) is 10.7 Å². The van der Waals surface area contributed by atoms with Gasteiger partial charge in [0, 0.05) is 13.2 Å². The topological polar surface area (TPSA) is 68.9 Å². The van der Waals surface area contributed by atoms with E-state index < -0.39 is 0 Å². The number of nitrogens with one attached hydrogen (secondary N) is 1. The van der Waals surface area contributed by atoms with E-state index in [0.29, 0.717) is 38.9 Å². The van der Waals surface area contributed by atoms with Gasteiger partial charge in [-0.05, 0) is 25.0 Å². The van der Waals surface area contributed by atoms with Crippen LogP contribution >= 0.6 is 24.0 Å². The van der Waals surface area contributed by atoms with Gasteiger partial charge in [0.2, 0.25) is 0 Å². The minimum absolute atomic E-state index is 0. The van der Waals surface area contributed by atoms with Crippen molar-refractivity contribution < 1.29 is 9.47 Å². The number of rotatable bonds is 10. The SMILES string of the molecule is C=C(C)CNC(N)=NCc1cccc(COCCOCC)c1.I. The molecule has 23 heavy (non-hydrogen) atoms. The van der Waals surface area contributed by atoms with Crippen molar-refractivity contribution >= 4 is 29.9 Å². The highest BCUT2D eigenvalue weighted by Gasteiger charge is 1.98. The number of hydrogen-bond donors (Lipinski definition) is 2. The zero-order valence-corrected chi connectivity index (χ0v) is 16.3. The molecule has 0 spiro atoms. The summed E-state index contributed by atoms with van der Waals surface area (Å²) >= 11 is 0. The zero-order valence-electron chi connectivity index (χ0n) is 14.0. The van der Waals surface area contributed by atoms with E-state index in [9.17, 15) is 0 Å². The van der Waals surface area contributed by atoms with Gasteiger partial charge in [0.1, 0.15) is 0 Å². The molecule has 6 heteroatoms. The average Bonchev–Trinajstić information content (AvgIpc) is 2.51. The molecule has 1 aromatic carbocycles. The van der Waals surface area contributed by atoms with Gasteiger partial charge >= 0.3 is 0 Å². The summed E-state index contributed by atoms with van der Waals surface area (Å²) in [5.41, 5.74) is 9.04. The monoisotopic (exact) mass is 433 g/mol. The summed E-state index contributed by atoms with van der Waals surface area (Å²) in [6, 6.07) is 8.15. The highest BCUT2D eigenvalue weighted by Crippen LogP contribution is 2.08. The quantitative estimate of drug-likeness (QED) is 0.196. The molecule has 0 saturated heterocycles. The minimum atomic E-state index is 0. The van der Waals surface area contributed by atoms with Crippen LogP contribution in [-0.4, -0.2) is 32.3 Å². The maximum atomic E-state index is 5.79. The first-order valence-electron chi connectivity index (χ1n) is 7.53. The lowest BCUT2D eigenvalue weighted by molar-refractivity contribution is 0.0453. The van der Waals surface area contributed by atoms with Gasteiger partial charge in [0.15, 0.2) is 5.96 Å². The van der Waals surface area contributed by atoms with Crippen molar-refractivity contribution in [3.8, 4) is 0 Å². The molecule has 0 aromatic heterocycles. The van der Waals surface area contributed by atoms with Crippen molar-refractivity contribution in [1.82, 2.24) is 5.32 Å². The molecule has 1 rings (SSSR count). The molecule has 0 aliphatic heterocycles. The van der Waals surface area contributed by atoms with E-state index in [1.54, 1.807) is 0 Å². The molecule has 0 aliphatic carbocycles. The molecular formula is C17H28IN3O2. The van der Waals surface area contributed by atoms with Crippen LogP contribution < -0.4 is 11.1 Å². The van der Waals surface area contributed by atoms with Crippen LogP contribution in [0.15, 0.2) is 41.4 Å². The summed E-state index contributed by atoms with van der Waals surface area (Å²) in [5, 5.41) is 3.01. The van der Waals surface area contributed by atoms with Gasteiger partial charge in [0.05, 0.1) is 26.4 Å². The zero-order chi connectivity index (χ0) is 16.2. The van der Waals surface area contributed by atoms with Crippen LogP contribution in [0, 0.1) is 0 Å². The summed E-state index contributed by atoms with van der Waals surface area (Å²) in [7, 11) is 0. The second kappa shape index (κ2) is 13.3. The third-order valence-electron chi connectivity index (χ3n) is 2.84. The van der Waals surface area contributed by atoms with E-state index in [-0.39, 0.29) is 24.0 Å². The number of nitrogens with zero attached hydrogens (tertiary/aromatic N) is 1. The van der Waals surface area contributed by atoms with Crippen molar-refractivity contribution in [2.45, 2.75) is 27.0 Å². The first-order chi connectivity index (χ1) is 10.6. The molecular weight excluding hydrogens is 405 g/mol. The lowest BCUT2D eigenvalue weighted by Crippen LogP contribution is -2.32. The van der Waals surface area contributed by atoms with Crippen molar-refractivity contribution in [1.29, 1.82) is 0 Å². The Hall–Kier alpha value is -1.12. The Kier molecular flexibility index (Phi) is 12.7. The first kappa shape index (κ1) is 21.9. The van der Waals surface area contributed by atoms with Gasteiger partial charge in [-0.15, -0.1) is 24.0 Å². The van der Waals surface area contributed by atoms with Gasteiger partial charge < -0.3 is 20.5 Å². The Morgan fingerprint density at radius 2 is 1.96 bits per heavy atom. The molecule has 0 atom stereocenters. The molecule has 0 amide bonds. The van der Waals surface area contributed by atoms with Gasteiger partial charge in [-0.3, -0.25) is 0 Å². The van der Waals surface area contributed by atoms with Crippen molar-refractivity contribution in [3.05, 3.63) is 47.5 Å². The van der Waals surface area contributed by atoms with Crippen molar-refractivity contribution in [2.75, 3.05) is 26.4 Å². The smallest absolute Gasteiger partial charge is 0.189 e. The van der Waals surface area contributed by atoms with Crippen LogP contribution in [0.2, 0.25) is 0 Å². The lowest BCUT2D eigenvalue weighted by atomic mass is 10.1. The maximum absolute atomic E-state index is 5.79. The third kappa shape index (κ3) is 11.1. The van der Waals surface area contributed by atoms with Crippen LogP contribution in [0.4, 0.5) is 0 Å². The molecule has 130 valence electrons. The molecule has 0 bridgehead atoms. The summed E-state index contributed by atoms with van der Waals surface area (Å²) in [6.45, 7) is 11.4. The van der Waals surface area contributed by atoms with E-state index in [1.165, 1.54) is 0 Å². The predicted molar refractivity (Wildman–Crippen MR) is 106 cm³/mol. The van der Waals surface area contributed by atoms with Crippen LogP contribution in [0.5, 0.6) is 0 Å². The van der Waals surface area contributed by atoms with Gasteiger partial charge in [-0.25, -0.2) is 4.99 Å². The number of hydrogen-bond acceptors (Lipinski definition) is 3. The maximum Gasteiger partial charge on any atom is 0.189 e. The molecule has 5 nitrogen and oxygen atoms in total. The standard InChI is InChI=1S/C17H27N3O2.HI/c1-4-21-8-9-22-13-16-7-5-6-15(10-16)12-20-17(18)19-11-14(2)3;/h5-7,10H,2,4,8-9,11-13H2,1,3H3,(H3,18,19,20);1H. The molecule has 0 unspecified atom stereocenters. The fraction of sp³-hybridized carbons (Fsp3) is 0.471. The Bertz CT molecular complexity index is 492. The molecule has 0 radical (unpaired) electrons. The van der Waals surface area contributed by atoms with Crippen LogP contribution in [0.25, 0.3) is 0 Å². The van der Waals surface area contributed by atoms with Crippen LogP contribution in [0.3, 0.4) is 0 Å². The highest BCUT2D eigenvalue weighted by molar-refractivity contribution is 14.0. The lowest BCUT2D eigenvalue weighted by Gasteiger charge is -2.07. The van der Waals surface area contributed by atoms with Gasteiger partial charge in [-0.1, -0.05) is 36.4 Å². The van der Waals surface area contributed by atoms with E-state index >= 15 is 0 Å². The molecule has 0 fully saturated rings. The summed E-state index contributed by atoms with van der Waals surface area (Å²) in [6.07, 6.45) is 0. The summed E-state index contributed by atoms with van der Waals surface area (Å²) in [5.74, 6) is 0.432. The van der Waals surface area contributed by atoms with Crippen LogP contribution in [0.1, 0.15) is 25.0 Å². The summed E-state index contributed by atoms with van der Waals surface area (Å²) in [4.78, 5) is 4.31. The molecule has 0 heterocycles. The van der Waals surface area contributed by atoms with Crippen molar-refractivity contribution in [3.63, 3.8) is 0 Å². The second-order valence-electron chi connectivity index (χ2n) is 5.08. The minimum Gasteiger partial charge on any atom is -0.379 e. The number of benzene rings is 1. The Morgan fingerprint density at radius 3 is 2.65 bits per heavy atom. The Morgan fingerprint density at radius 1 is 1.26 bits per heavy atom. The Labute approximate surface area is 156 Å². The number of aliphatic imine (C=N–C) groups is 1. The third-order valence-corrected chi connectivity index (χ3v) is 2.84.